The first kappa shape index (κ1) is 33.8. The number of carbonyl (C=O) groups excluding carboxylic acids is 2. The second-order valence-electron chi connectivity index (χ2n) is 14.6. The molecule has 4 aliphatic rings. The lowest BCUT2D eigenvalue weighted by atomic mass is 9.48. The number of hydrogen-bond donors (Lipinski definition) is 0. The van der Waals surface area contributed by atoms with E-state index in [1.807, 2.05) is 56.3 Å². The number of esters is 2. The summed E-state index contributed by atoms with van der Waals surface area (Å²) in [5.74, 6) is -0.113. The summed E-state index contributed by atoms with van der Waals surface area (Å²) in [5, 5.41) is 0. The molecular formula is C39H46N2O7S. The molecule has 10 heteroatoms. The smallest absolute Gasteiger partial charge is 0.308 e. The van der Waals surface area contributed by atoms with E-state index in [-0.39, 0.29) is 23.7 Å². The Hall–Kier alpha value is -3.73. The zero-order valence-corrected chi connectivity index (χ0v) is 29.6. The Balaban J connectivity index is 1.36. The maximum atomic E-state index is 14.5. The lowest BCUT2D eigenvalue weighted by Crippen LogP contribution is -2.79. The van der Waals surface area contributed by atoms with Crippen LogP contribution in [0.3, 0.4) is 0 Å². The van der Waals surface area contributed by atoms with E-state index in [2.05, 4.69) is 29.2 Å². The van der Waals surface area contributed by atoms with Crippen molar-refractivity contribution in [1.29, 1.82) is 0 Å². The van der Waals surface area contributed by atoms with Crippen LogP contribution in [0.2, 0.25) is 0 Å². The molecule has 2 aliphatic heterocycles. The fraction of sp³-hybridized carbons (Fsp3) is 0.487. The molecule has 1 saturated heterocycles. The quantitative estimate of drug-likeness (QED) is 0.194. The fourth-order valence-corrected chi connectivity index (χ4v) is 11.4. The van der Waals surface area contributed by atoms with Crippen molar-refractivity contribution in [2.24, 2.45) is 5.92 Å². The van der Waals surface area contributed by atoms with Crippen LogP contribution in [0.15, 0.2) is 72.8 Å². The normalized spacial score (nSPS) is 27.0. The summed E-state index contributed by atoms with van der Waals surface area (Å²) in [4.78, 5) is 28.0. The van der Waals surface area contributed by atoms with Crippen LogP contribution in [0.5, 0.6) is 11.5 Å². The Bertz CT molecular complexity index is 1830. The number of nitrogens with zero attached hydrogens (tertiary/aromatic N) is 2. The molecule has 0 radical (unpaired) electrons. The molecule has 49 heavy (non-hydrogen) atoms. The number of benzene rings is 3. The van der Waals surface area contributed by atoms with E-state index in [4.69, 9.17) is 14.2 Å². The number of hydrogen-bond acceptors (Lipinski definition) is 8. The minimum absolute atomic E-state index is 0.0538. The number of carbonyl (C=O) groups is 2. The molecule has 260 valence electrons. The van der Waals surface area contributed by atoms with Gasteiger partial charge in [0.1, 0.15) is 11.7 Å². The first-order valence-corrected chi connectivity index (χ1v) is 19.1. The molecule has 0 N–H and O–H groups in total. The summed E-state index contributed by atoms with van der Waals surface area (Å²) >= 11 is 0. The molecule has 0 amide bonds. The van der Waals surface area contributed by atoms with E-state index in [1.54, 1.807) is 10.4 Å². The van der Waals surface area contributed by atoms with Crippen molar-refractivity contribution in [2.75, 3.05) is 19.6 Å². The molecule has 7 rings (SSSR count). The van der Waals surface area contributed by atoms with Crippen molar-refractivity contribution in [3.8, 4) is 11.5 Å². The standard InChI is InChI=1S/C39H46N2O7S/c1-26(2)24-41(49(44,45)25-30-13-9-6-10-14-30)32-17-19-39(48-28(4)43)34-23-31-15-16-33(46-27(3)42)36-35(31)38(39,37(32)47-36)20-22-40(34)21-18-29-11-7-5-8-12-29/h5-16,26,32,34,37H,17-25H2,1-4H3/t32-,34-,37+,38+,39-/m1/s1. The molecule has 2 bridgehead atoms. The van der Waals surface area contributed by atoms with Crippen molar-refractivity contribution in [2.45, 2.75) is 94.8 Å². The zero-order valence-electron chi connectivity index (χ0n) is 28.8. The first-order chi connectivity index (χ1) is 23.4. The predicted octanol–water partition coefficient (Wildman–Crippen LogP) is 5.44. The Kier molecular flexibility index (Phi) is 8.86. The molecular weight excluding hydrogens is 641 g/mol. The van der Waals surface area contributed by atoms with Crippen LogP contribution in [-0.4, -0.2) is 73.0 Å². The first-order valence-electron chi connectivity index (χ1n) is 17.5. The largest absolute Gasteiger partial charge is 0.483 e. The van der Waals surface area contributed by atoms with Gasteiger partial charge in [-0.25, -0.2) is 8.42 Å². The third-order valence-electron chi connectivity index (χ3n) is 11.1. The molecule has 1 saturated carbocycles. The maximum Gasteiger partial charge on any atom is 0.308 e. The van der Waals surface area contributed by atoms with E-state index in [0.717, 1.165) is 36.2 Å². The van der Waals surface area contributed by atoms with Gasteiger partial charge < -0.3 is 14.2 Å². The van der Waals surface area contributed by atoms with Crippen LogP contribution >= 0.6 is 0 Å². The van der Waals surface area contributed by atoms with Crippen LogP contribution in [0.4, 0.5) is 0 Å². The highest BCUT2D eigenvalue weighted by Crippen LogP contribution is 2.67. The van der Waals surface area contributed by atoms with Crippen molar-refractivity contribution < 1.29 is 32.2 Å². The van der Waals surface area contributed by atoms with Gasteiger partial charge in [0.25, 0.3) is 0 Å². The number of ether oxygens (including phenoxy) is 3. The SMILES string of the molecule is CC(=O)Oc1ccc2c3c1O[C@H]1[C@H](N(CC(C)C)S(=O)(=O)Cc4ccccc4)CC[C@@]4(OC(C)=O)[C@@H](C2)N(CCc2ccccc2)CC[C@]314. The molecule has 5 atom stereocenters. The molecule has 2 fully saturated rings. The van der Waals surface area contributed by atoms with Crippen LogP contribution < -0.4 is 9.47 Å². The summed E-state index contributed by atoms with van der Waals surface area (Å²) in [6.07, 6.45) is 2.37. The van der Waals surface area contributed by atoms with Gasteiger partial charge in [0.05, 0.1) is 23.3 Å². The average Bonchev–Trinajstić information content (AvgIpc) is 3.40. The van der Waals surface area contributed by atoms with Gasteiger partial charge in [0.2, 0.25) is 10.0 Å². The van der Waals surface area contributed by atoms with Gasteiger partial charge in [-0.1, -0.05) is 80.6 Å². The van der Waals surface area contributed by atoms with Crippen molar-refractivity contribution in [3.63, 3.8) is 0 Å². The predicted molar refractivity (Wildman–Crippen MR) is 186 cm³/mol. The molecule has 3 aromatic carbocycles. The van der Waals surface area contributed by atoms with Gasteiger partial charge in [-0.2, -0.15) is 4.31 Å². The highest BCUT2D eigenvalue weighted by Gasteiger charge is 2.76. The molecule has 9 nitrogen and oxygen atoms in total. The van der Waals surface area contributed by atoms with Crippen molar-refractivity contribution in [1.82, 2.24) is 9.21 Å². The van der Waals surface area contributed by atoms with Gasteiger partial charge in [-0.15, -0.1) is 0 Å². The monoisotopic (exact) mass is 686 g/mol. The summed E-state index contributed by atoms with van der Waals surface area (Å²) < 4.78 is 50.0. The van der Waals surface area contributed by atoms with Crippen molar-refractivity contribution >= 4 is 22.0 Å². The fourth-order valence-electron chi connectivity index (χ4n) is 9.43. The number of sulfonamides is 1. The topological polar surface area (TPSA) is 102 Å². The molecule has 1 spiro atoms. The van der Waals surface area contributed by atoms with E-state index in [0.29, 0.717) is 43.7 Å². The van der Waals surface area contributed by atoms with Crippen molar-refractivity contribution in [3.05, 3.63) is 95.1 Å². The second kappa shape index (κ2) is 12.9. The van der Waals surface area contributed by atoms with E-state index >= 15 is 0 Å². The lowest BCUT2D eigenvalue weighted by Gasteiger charge is -2.65. The van der Waals surface area contributed by atoms with Gasteiger partial charge in [0, 0.05) is 32.5 Å². The maximum absolute atomic E-state index is 14.5. The lowest BCUT2D eigenvalue weighted by molar-refractivity contribution is -0.221. The minimum atomic E-state index is -3.81. The van der Waals surface area contributed by atoms with Crippen LogP contribution in [-0.2, 0) is 48.4 Å². The Labute approximate surface area is 289 Å². The molecule has 2 heterocycles. The van der Waals surface area contributed by atoms with Gasteiger partial charge in [-0.3, -0.25) is 14.5 Å². The van der Waals surface area contributed by atoms with E-state index < -0.39 is 39.2 Å². The van der Waals surface area contributed by atoms with Gasteiger partial charge in [0.15, 0.2) is 11.5 Å². The molecule has 0 unspecified atom stereocenters. The molecule has 3 aromatic rings. The average molecular weight is 687 g/mol. The second-order valence-corrected chi connectivity index (χ2v) is 16.5. The summed E-state index contributed by atoms with van der Waals surface area (Å²) in [6.45, 7) is 8.72. The number of likely N-dealkylation sites (tertiary alicyclic amines) is 1. The Morgan fingerprint density at radius 3 is 2.31 bits per heavy atom. The van der Waals surface area contributed by atoms with Crippen LogP contribution in [0.1, 0.15) is 69.2 Å². The summed E-state index contributed by atoms with van der Waals surface area (Å²) in [6, 6.07) is 22.8. The minimum Gasteiger partial charge on any atom is -0.483 e. The highest BCUT2D eigenvalue weighted by atomic mass is 32.2. The third kappa shape index (κ3) is 5.75. The van der Waals surface area contributed by atoms with Crippen LogP contribution in [0.25, 0.3) is 0 Å². The Morgan fingerprint density at radius 1 is 0.959 bits per heavy atom. The van der Waals surface area contributed by atoms with Crippen LogP contribution in [0, 0.1) is 5.92 Å². The van der Waals surface area contributed by atoms with E-state index in [9.17, 15) is 18.0 Å². The number of rotatable bonds is 11. The number of piperidine rings is 1. The molecule has 2 aliphatic carbocycles. The third-order valence-corrected chi connectivity index (χ3v) is 12.9. The summed E-state index contributed by atoms with van der Waals surface area (Å²) in [7, 11) is -3.81. The zero-order chi connectivity index (χ0) is 34.6. The highest BCUT2D eigenvalue weighted by molar-refractivity contribution is 7.88. The van der Waals surface area contributed by atoms with E-state index in [1.165, 1.54) is 19.4 Å². The molecule has 0 aromatic heterocycles. The van der Waals surface area contributed by atoms with Gasteiger partial charge >= 0.3 is 11.9 Å². The van der Waals surface area contributed by atoms with Gasteiger partial charge in [-0.05, 0) is 67.3 Å². The summed E-state index contributed by atoms with van der Waals surface area (Å²) in [5.41, 5.74) is 2.13. The Morgan fingerprint density at radius 2 is 1.65 bits per heavy atom.